The molecule has 1 fully saturated rings. The van der Waals surface area contributed by atoms with Gasteiger partial charge in [0.1, 0.15) is 11.7 Å². The lowest BCUT2D eigenvalue weighted by Crippen LogP contribution is -2.36. The average molecular weight is 555 g/mol. The normalized spacial score (nSPS) is 20.3. The number of anilines is 2. The van der Waals surface area contributed by atoms with E-state index in [0.717, 1.165) is 10.6 Å². The Labute approximate surface area is 208 Å². The fourth-order valence-corrected chi connectivity index (χ4v) is 3.55. The third kappa shape index (κ3) is 6.24. The zero-order chi connectivity index (χ0) is 27.8. The number of amides is 1. The first kappa shape index (κ1) is 27.4. The fraction of sp³-hybridized carbons (Fsp3) is 0.500. The highest BCUT2D eigenvalue weighted by molar-refractivity contribution is 5.67. The van der Waals surface area contributed by atoms with Gasteiger partial charge in [-0.05, 0) is 13.8 Å². The molecule has 208 valence electrons. The molecule has 3 aromatic rings. The van der Waals surface area contributed by atoms with Gasteiger partial charge in [-0.1, -0.05) is 0 Å². The summed E-state index contributed by atoms with van der Waals surface area (Å²) in [7, 11) is 0. The van der Waals surface area contributed by atoms with Crippen molar-refractivity contribution in [3.05, 3.63) is 35.4 Å². The van der Waals surface area contributed by atoms with Crippen molar-refractivity contribution in [2.24, 2.45) is 0 Å². The molecule has 3 atom stereocenters. The molecule has 18 heteroatoms. The number of aromatic amines is 1. The number of H-pyrrole nitrogens is 1. The van der Waals surface area contributed by atoms with Crippen LogP contribution in [0.1, 0.15) is 36.9 Å². The van der Waals surface area contributed by atoms with Gasteiger partial charge in [0.05, 0.1) is 24.6 Å². The Morgan fingerprint density at radius 1 is 1.29 bits per heavy atom. The molecule has 1 aliphatic rings. The average Bonchev–Trinajstić information content (AvgIpc) is 3.50. The van der Waals surface area contributed by atoms with Gasteiger partial charge in [0, 0.05) is 24.5 Å². The Morgan fingerprint density at radius 2 is 2.03 bits per heavy atom. The first-order chi connectivity index (χ1) is 17.7. The van der Waals surface area contributed by atoms with E-state index in [1.54, 1.807) is 13.8 Å². The van der Waals surface area contributed by atoms with Crippen molar-refractivity contribution in [1.82, 2.24) is 29.9 Å². The second-order valence-electron chi connectivity index (χ2n) is 8.43. The molecule has 0 spiro atoms. The number of aromatic nitrogens is 5. The second kappa shape index (κ2) is 10.2. The molecule has 0 saturated carbocycles. The minimum Gasteiger partial charge on any atom is -0.441 e. The number of alkyl carbamates (subject to hydrolysis) is 1. The SMILES string of the molecule is CC(C)NC(=O)O[C@@H]1CO[C@H](c2cc(Nc3ncc(C(F)(F)F)c4nc(COC(F)(F)F)cn34)n[nH]2)[C@@H]1F. The van der Waals surface area contributed by atoms with E-state index in [-0.39, 0.29) is 30.1 Å². The highest BCUT2D eigenvalue weighted by Crippen LogP contribution is 2.35. The maximum Gasteiger partial charge on any atom is 0.522 e. The zero-order valence-electron chi connectivity index (χ0n) is 19.5. The van der Waals surface area contributed by atoms with Crippen molar-refractivity contribution in [3.8, 4) is 0 Å². The lowest BCUT2D eigenvalue weighted by atomic mass is 10.1. The minimum atomic E-state index is -5.02. The zero-order valence-corrected chi connectivity index (χ0v) is 19.5. The van der Waals surface area contributed by atoms with Gasteiger partial charge in [-0.2, -0.15) is 18.3 Å². The number of rotatable bonds is 7. The third-order valence-electron chi connectivity index (χ3n) is 5.12. The maximum atomic E-state index is 14.9. The molecular weight excluding hydrogens is 535 g/mol. The van der Waals surface area contributed by atoms with Crippen LogP contribution in [0.25, 0.3) is 5.65 Å². The number of carbonyl (C=O) groups is 1. The Kier molecular flexibility index (Phi) is 7.37. The van der Waals surface area contributed by atoms with E-state index in [4.69, 9.17) is 9.47 Å². The largest absolute Gasteiger partial charge is 0.522 e. The van der Waals surface area contributed by atoms with Gasteiger partial charge in [-0.25, -0.2) is 19.2 Å². The molecule has 3 aromatic heterocycles. The van der Waals surface area contributed by atoms with Crippen molar-refractivity contribution in [2.75, 3.05) is 11.9 Å². The summed E-state index contributed by atoms with van der Waals surface area (Å²) < 4.78 is 107. The van der Waals surface area contributed by atoms with Crippen LogP contribution in [0.15, 0.2) is 18.5 Å². The molecule has 0 radical (unpaired) electrons. The lowest BCUT2D eigenvalue weighted by Gasteiger charge is -2.16. The van der Waals surface area contributed by atoms with E-state index in [1.807, 2.05) is 0 Å². The third-order valence-corrected chi connectivity index (χ3v) is 5.12. The lowest BCUT2D eigenvalue weighted by molar-refractivity contribution is -0.330. The van der Waals surface area contributed by atoms with Crippen LogP contribution in [-0.2, 0) is 27.0 Å². The van der Waals surface area contributed by atoms with Gasteiger partial charge in [-0.3, -0.25) is 14.2 Å². The number of carbonyl (C=O) groups excluding carboxylic acids is 1. The number of ether oxygens (including phenoxy) is 3. The Balaban J connectivity index is 1.53. The molecule has 11 nitrogen and oxygen atoms in total. The van der Waals surface area contributed by atoms with Crippen LogP contribution in [0.3, 0.4) is 0 Å². The molecule has 3 N–H and O–H groups in total. The summed E-state index contributed by atoms with van der Waals surface area (Å²) >= 11 is 0. The number of nitrogens with one attached hydrogen (secondary N) is 3. The van der Waals surface area contributed by atoms with E-state index in [0.29, 0.717) is 6.20 Å². The van der Waals surface area contributed by atoms with Crippen molar-refractivity contribution in [1.29, 1.82) is 0 Å². The molecule has 4 heterocycles. The first-order valence-corrected chi connectivity index (χ1v) is 10.9. The number of hydrogen-bond donors (Lipinski definition) is 3. The van der Waals surface area contributed by atoms with E-state index >= 15 is 0 Å². The molecule has 0 aliphatic carbocycles. The van der Waals surface area contributed by atoms with E-state index < -0.39 is 60.5 Å². The van der Waals surface area contributed by atoms with Crippen LogP contribution in [-0.4, -0.2) is 61.9 Å². The molecule has 1 saturated heterocycles. The predicted octanol–water partition coefficient (Wildman–Crippen LogP) is 4.16. The molecule has 1 aliphatic heterocycles. The summed E-state index contributed by atoms with van der Waals surface area (Å²) in [6.45, 7) is 2.02. The van der Waals surface area contributed by atoms with E-state index in [1.165, 1.54) is 6.07 Å². The number of nitrogens with zero attached hydrogens (tertiary/aromatic N) is 4. The summed E-state index contributed by atoms with van der Waals surface area (Å²) in [5.74, 6) is -0.319. The van der Waals surface area contributed by atoms with Crippen LogP contribution < -0.4 is 10.6 Å². The minimum absolute atomic E-state index is 0.0342. The van der Waals surface area contributed by atoms with Crippen molar-refractivity contribution < 1.29 is 49.7 Å². The van der Waals surface area contributed by atoms with Gasteiger partial charge in [-0.15, -0.1) is 13.2 Å². The quantitative estimate of drug-likeness (QED) is 0.371. The molecule has 38 heavy (non-hydrogen) atoms. The van der Waals surface area contributed by atoms with Gasteiger partial charge < -0.3 is 20.1 Å². The van der Waals surface area contributed by atoms with E-state index in [2.05, 4.69) is 35.5 Å². The van der Waals surface area contributed by atoms with Crippen molar-refractivity contribution in [2.45, 2.75) is 57.4 Å². The summed E-state index contributed by atoms with van der Waals surface area (Å²) in [5, 5.41) is 11.5. The summed E-state index contributed by atoms with van der Waals surface area (Å²) in [6.07, 6.45) is -13.6. The van der Waals surface area contributed by atoms with Gasteiger partial charge in [0.25, 0.3) is 0 Å². The molecule has 0 aromatic carbocycles. The van der Waals surface area contributed by atoms with E-state index in [9.17, 15) is 35.5 Å². The van der Waals surface area contributed by atoms with Crippen LogP contribution in [0.2, 0.25) is 0 Å². The Bertz CT molecular complexity index is 1290. The predicted molar refractivity (Wildman–Crippen MR) is 113 cm³/mol. The number of imidazole rings is 1. The van der Waals surface area contributed by atoms with Crippen LogP contribution in [0.5, 0.6) is 0 Å². The monoisotopic (exact) mass is 555 g/mol. The molecule has 1 amide bonds. The topological polar surface area (TPSA) is 128 Å². The van der Waals surface area contributed by atoms with Crippen LogP contribution >= 0.6 is 0 Å². The van der Waals surface area contributed by atoms with Crippen LogP contribution in [0, 0.1) is 0 Å². The Hall–Kier alpha value is -3.67. The number of halogens is 7. The molecular formula is C20H20F7N7O4. The number of alkyl halides is 7. The molecule has 0 unspecified atom stereocenters. The smallest absolute Gasteiger partial charge is 0.441 e. The highest BCUT2D eigenvalue weighted by Gasteiger charge is 2.42. The first-order valence-electron chi connectivity index (χ1n) is 10.9. The maximum absolute atomic E-state index is 14.9. The second-order valence-corrected chi connectivity index (χ2v) is 8.43. The number of fused-ring (bicyclic) bond motifs is 1. The van der Waals surface area contributed by atoms with Gasteiger partial charge in [0.15, 0.2) is 23.7 Å². The van der Waals surface area contributed by atoms with Crippen molar-refractivity contribution >= 4 is 23.5 Å². The number of hydrogen-bond acceptors (Lipinski definition) is 8. The van der Waals surface area contributed by atoms with Crippen molar-refractivity contribution in [3.63, 3.8) is 0 Å². The summed E-state index contributed by atoms with van der Waals surface area (Å²) in [6, 6.07) is 1.05. The van der Waals surface area contributed by atoms with Gasteiger partial charge in [0.2, 0.25) is 5.95 Å². The summed E-state index contributed by atoms with van der Waals surface area (Å²) in [5.41, 5.74) is -2.35. The highest BCUT2D eigenvalue weighted by atomic mass is 19.4. The summed E-state index contributed by atoms with van der Waals surface area (Å²) in [4.78, 5) is 19.0. The van der Waals surface area contributed by atoms with Crippen LogP contribution in [0.4, 0.5) is 47.3 Å². The fourth-order valence-electron chi connectivity index (χ4n) is 3.55. The standard InChI is InChI=1S/C20H20F7N7O4/c1-8(2)29-18(35)38-12-7-36-15(14(12)21)11-3-13(33-32-11)31-17-28-4-10(19(22,23)24)16-30-9(5-34(16)17)6-37-20(25,26)27/h3-5,8,12,14-15H,6-7H2,1-2H3,(H,29,35)(H2,28,31,32,33)/t12-,14-,15-/m1/s1. The Morgan fingerprint density at radius 3 is 2.68 bits per heavy atom. The van der Waals surface area contributed by atoms with Gasteiger partial charge >= 0.3 is 18.6 Å². The molecule has 0 bridgehead atoms. The molecule has 4 rings (SSSR count).